The summed E-state index contributed by atoms with van der Waals surface area (Å²) in [5.74, 6) is 2.42. The smallest absolute Gasteiger partial charge is 0.128 e. The second-order valence-corrected chi connectivity index (χ2v) is 5.88. The standard InChI is InChI=1S/C19H20ClNO/c1-14-15(2)21(12-6-11-20)19-10-9-17(13-18(14)19)22-16-7-4-3-5-8-16/h3-5,7-10,13H,6,11-12H2,1-2H3. The summed E-state index contributed by atoms with van der Waals surface area (Å²) in [5, 5.41) is 1.25. The monoisotopic (exact) mass is 313 g/mol. The molecule has 3 rings (SSSR count). The van der Waals surface area contributed by atoms with Gasteiger partial charge in [-0.3, -0.25) is 0 Å². The van der Waals surface area contributed by atoms with Gasteiger partial charge in [0.1, 0.15) is 11.5 Å². The van der Waals surface area contributed by atoms with Gasteiger partial charge in [0.15, 0.2) is 0 Å². The third-order valence-corrected chi connectivity index (χ3v) is 4.37. The Labute approximate surface area is 136 Å². The molecule has 1 heterocycles. The van der Waals surface area contributed by atoms with Gasteiger partial charge in [0.2, 0.25) is 0 Å². The molecule has 0 aliphatic heterocycles. The first-order valence-corrected chi connectivity index (χ1v) is 8.12. The lowest BCUT2D eigenvalue weighted by atomic mass is 10.1. The molecule has 0 fully saturated rings. The fourth-order valence-electron chi connectivity index (χ4n) is 2.82. The molecular formula is C19H20ClNO. The molecule has 114 valence electrons. The maximum atomic E-state index is 5.94. The summed E-state index contributed by atoms with van der Waals surface area (Å²) in [7, 11) is 0. The van der Waals surface area contributed by atoms with Crippen molar-refractivity contribution in [2.24, 2.45) is 0 Å². The third-order valence-electron chi connectivity index (χ3n) is 4.10. The van der Waals surface area contributed by atoms with Crippen LogP contribution in [0.15, 0.2) is 48.5 Å². The molecule has 0 saturated carbocycles. The minimum atomic E-state index is 0.688. The van der Waals surface area contributed by atoms with Crippen LogP contribution in [0.5, 0.6) is 11.5 Å². The van der Waals surface area contributed by atoms with Crippen LogP contribution in [0.25, 0.3) is 10.9 Å². The van der Waals surface area contributed by atoms with Crippen LogP contribution in [0.1, 0.15) is 17.7 Å². The van der Waals surface area contributed by atoms with E-state index in [1.807, 2.05) is 36.4 Å². The van der Waals surface area contributed by atoms with E-state index in [0.29, 0.717) is 5.88 Å². The Morgan fingerprint density at radius 2 is 1.77 bits per heavy atom. The van der Waals surface area contributed by atoms with E-state index < -0.39 is 0 Å². The first-order valence-electron chi connectivity index (χ1n) is 7.59. The highest BCUT2D eigenvalue weighted by Crippen LogP contribution is 2.31. The Kier molecular flexibility index (Phi) is 4.39. The van der Waals surface area contributed by atoms with Crippen LogP contribution >= 0.6 is 11.6 Å². The van der Waals surface area contributed by atoms with Gasteiger partial charge in [0.25, 0.3) is 0 Å². The Hall–Kier alpha value is -1.93. The second kappa shape index (κ2) is 6.45. The average molecular weight is 314 g/mol. The number of aryl methyl sites for hydroxylation is 2. The number of ether oxygens (including phenoxy) is 1. The molecule has 3 heteroatoms. The Morgan fingerprint density at radius 1 is 1.00 bits per heavy atom. The van der Waals surface area contributed by atoms with E-state index in [1.165, 1.54) is 22.2 Å². The summed E-state index contributed by atoms with van der Waals surface area (Å²) in [6.07, 6.45) is 0.980. The summed E-state index contributed by atoms with van der Waals surface area (Å²) in [6, 6.07) is 16.2. The van der Waals surface area contributed by atoms with E-state index in [-0.39, 0.29) is 0 Å². The molecule has 0 aliphatic carbocycles. The van der Waals surface area contributed by atoms with Gasteiger partial charge in [0, 0.05) is 29.0 Å². The zero-order chi connectivity index (χ0) is 15.5. The fourth-order valence-corrected chi connectivity index (χ4v) is 2.94. The zero-order valence-electron chi connectivity index (χ0n) is 13.0. The van der Waals surface area contributed by atoms with Gasteiger partial charge in [-0.2, -0.15) is 0 Å². The van der Waals surface area contributed by atoms with E-state index in [1.54, 1.807) is 0 Å². The van der Waals surface area contributed by atoms with Crippen molar-refractivity contribution in [3.63, 3.8) is 0 Å². The molecule has 0 N–H and O–H groups in total. The minimum absolute atomic E-state index is 0.688. The normalized spacial score (nSPS) is 11.0. The van der Waals surface area contributed by atoms with E-state index in [4.69, 9.17) is 16.3 Å². The van der Waals surface area contributed by atoms with Crippen LogP contribution in [-0.2, 0) is 6.54 Å². The van der Waals surface area contributed by atoms with Crippen molar-refractivity contribution >= 4 is 22.5 Å². The van der Waals surface area contributed by atoms with Gasteiger partial charge < -0.3 is 9.30 Å². The Morgan fingerprint density at radius 3 is 2.50 bits per heavy atom. The average Bonchev–Trinajstić information content (AvgIpc) is 2.78. The van der Waals surface area contributed by atoms with Gasteiger partial charge in [-0.05, 0) is 56.2 Å². The maximum Gasteiger partial charge on any atom is 0.128 e. The lowest BCUT2D eigenvalue weighted by Crippen LogP contribution is -2.00. The molecular weight excluding hydrogens is 294 g/mol. The number of alkyl halides is 1. The molecule has 1 aromatic heterocycles. The summed E-state index contributed by atoms with van der Waals surface area (Å²) in [6.45, 7) is 5.29. The Bertz CT molecular complexity index is 777. The van der Waals surface area contributed by atoms with Crippen molar-refractivity contribution in [2.45, 2.75) is 26.8 Å². The maximum absolute atomic E-state index is 5.94. The molecule has 0 unspecified atom stereocenters. The van der Waals surface area contributed by atoms with Crippen molar-refractivity contribution in [1.82, 2.24) is 4.57 Å². The lowest BCUT2D eigenvalue weighted by Gasteiger charge is -2.08. The van der Waals surface area contributed by atoms with Crippen molar-refractivity contribution in [1.29, 1.82) is 0 Å². The first-order chi connectivity index (χ1) is 10.7. The van der Waals surface area contributed by atoms with Crippen LogP contribution in [0.2, 0.25) is 0 Å². The van der Waals surface area contributed by atoms with E-state index in [2.05, 4.69) is 30.5 Å². The number of halogens is 1. The van der Waals surface area contributed by atoms with Crippen LogP contribution < -0.4 is 4.74 Å². The molecule has 2 nitrogen and oxygen atoms in total. The van der Waals surface area contributed by atoms with Gasteiger partial charge in [-0.1, -0.05) is 18.2 Å². The number of benzene rings is 2. The van der Waals surface area contributed by atoms with E-state index in [9.17, 15) is 0 Å². The third kappa shape index (κ3) is 2.84. The van der Waals surface area contributed by atoms with Gasteiger partial charge in [0.05, 0.1) is 0 Å². The summed E-state index contributed by atoms with van der Waals surface area (Å²) >= 11 is 5.84. The molecule has 22 heavy (non-hydrogen) atoms. The van der Waals surface area contributed by atoms with Gasteiger partial charge in [-0.25, -0.2) is 0 Å². The lowest BCUT2D eigenvalue weighted by molar-refractivity contribution is 0.483. The molecule has 0 aliphatic rings. The van der Waals surface area contributed by atoms with Gasteiger partial charge >= 0.3 is 0 Å². The van der Waals surface area contributed by atoms with Crippen LogP contribution in [0.4, 0.5) is 0 Å². The van der Waals surface area contributed by atoms with Crippen molar-refractivity contribution in [3.8, 4) is 11.5 Å². The molecule has 0 spiro atoms. The molecule has 0 atom stereocenters. The Balaban J connectivity index is 1.98. The number of hydrogen-bond donors (Lipinski definition) is 0. The minimum Gasteiger partial charge on any atom is -0.457 e. The molecule has 3 aromatic rings. The fraction of sp³-hybridized carbons (Fsp3) is 0.263. The predicted molar refractivity (Wildman–Crippen MR) is 93.3 cm³/mol. The zero-order valence-corrected chi connectivity index (χ0v) is 13.7. The number of nitrogens with zero attached hydrogens (tertiary/aromatic N) is 1. The molecule has 0 bridgehead atoms. The van der Waals surface area contributed by atoms with Crippen molar-refractivity contribution in [3.05, 3.63) is 59.8 Å². The van der Waals surface area contributed by atoms with E-state index >= 15 is 0 Å². The number of rotatable bonds is 5. The highest BCUT2D eigenvalue weighted by atomic mass is 35.5. The summed E-state index contributed by atoms with van der Waals surface area (Å²) < 4.78 is 8.29. The van der Waals surface area contributed by atoms with Gasteiger partial charge in [-0.15, -0.1) is 11.6 Å². The highest BCUT2D eigenvalue weighted by molar-refractivity contribution is 6.17. The predicted octanol–water partition coefficient (Wildman–Crippen LogP) is 5.68. The van der Waals surface area contributed by atoms with E-state index in [0.717, 1.165) is 24.5 Å². The van der Waals surface area contributed by atoms with Crippen LogP contribution in [0.3, 0.4) is 0 Å². The number of hydrogen-bond acceptors (Lipinski definition) is 1. The summed E-state index contributed by atoms with van der Waals surface area (Å²) in [4.78, 5) is 0. The number of para-hydroxylation sites is 1. The van der Waals surface area contributed by atoms with Crippen LogP contribution in [-0.4, -0.2) is 10.4 Å². The van der Waals surface area contributed by atoms with Crippen LogP contribution in [0, 0.1) is 13.8 Å². The molecule has 0 saturated heterocycles. The first kappa shape index (κ1) is 15.0. The van der Waals surface area contributed by atoms with Crippen molar-refractivity contribution < 1.29 is 4.74 Å². The molecule has 2 aromatic carbocycles. The largest absolute Gasteiger partial charge is 0.457 e. The highest BCUT2D eigenvalue weighted by Gasteiger charge is 2.11. The molecule has 0 amide bonds. The number of fused-ring (bicyclic) bond motifs is 1. The topological polar surface area (TPSA) is 14.2 Å². The second-order valence-electron chi connectivity index (χ2n) is 5.50. The quantitative estimate of drug-likeness (QED) is 0.553. The SMILES string of the molecule is Cc1c(C)n(CCCCl)c2ccc(Oc3ccccc3)cc12. The molecule has 0 radical (unpaired) electrons. The summed E-state index contributed by atoms with van der Waals surface area (Å²) in [5.41, 5.74) is 3.86. The van der Waals surface area contributed by atoms with Crippen molar-refractivity contribution in [2.75, 3.05) is 5.88 Å². The number of aromatic nitrogens is 1.